The second kappa shape index (κ2) is 6.08. The Morgan fingerprint density at radius 2 is 2.10 bits per heavy atom. The van der Waals surface area contributed by atoms with Crippen LogP contribution in [0.1, 0.15) is 5.01 Å². The molecule has 0 aliphatic heterocycles. The molecule has 104 valence electrons. The average Bonchev–Trinajstić information content (AvgIpc) is 3.04. The van der Waals surface area contributed by atoms with E-state index in [0.29, 0.717) is 13.2 Å². The highest BCUT2D eigenvalue weighted by molar-refractivity contribution is 7.16. The molecular weight excluding hydrogens is 274 g/mol. The summed E-state index contributed by atoms with van der Waals surface area (Å²) in [5.74, 6) is 0.778. The van der Waals surface area contributed by atoms with Gasteiger partial charge in [0.25, 0.3) is 0 Å². The molecule has 2 aromatic heterocycles. The van der Waals surface area contributed by atoms with Gasteiger partial charge in [-0.25, -0.2) is 0 Å². The van der Waals surface area contributed by atoms with E-state index in [0.717, 1.165) is 27.9 Å². The molecule has 0 spiro atoms. The van der Waals surface area contributed by atoms with Gasteiger partial charge in [0, 0.05) is 25.8 Å². The molecule has 2 heterocycles. The van der Waals surface area contributed by atoms with E-state index in [9.17, 15) is 0 Å². The van der Waals surface area contributed by atoms with Crippen molar-refractivity contribution >= 4 is 16.3 Å². The SMILES string of the molecule is COCCNCc1nn2c(-c3ccccc3)nnc2s1. The fourth-order valence-corrected chi connectivity index (χ4v) is 2.67. The summed E-state index contributed by atoms with van der Waals surface area (Å²) in [7, 11) is 1.69. The zero-order chi connectivity index (χ0) is 13.8. The minimum Gasteiger partial charge on any atom is -0.383 e. The Balaban J connectivity index is 1.80. The molecule has 0 fully saturated rings. The van der Waals surface area contributed by atoms with Crippen molar-refractivity contribution in [2.75, 3.05) is 20.3 Å². The van der Waals surface area contributed by atoms with Gasteiger partial charge in [0.1, 0.15) is 5.01 Å². The Labute approximate surface area is 120 Å². The van der Waals surface area contributed by atoms with Crippen LogP contribution in [0, 0.1) is 0 Å². The van der Waals surface area contributed by atoms with Crippen LogP contribution >= 0.6 is 11.3 Å². The predicted octanol–water partition coefficient (Wildman–Crippen LogP) is 1.59. The third kappa shape index (κ3) is 2.69. The Hall–Kier alpha value is -1.83. The third-order valence-corrected chi connectivity index (χ3v) is 3.72. The summed E-state index contributed by atoms with van der Waals surface area (Å²) in [6.07, 6.45) is 0. The number of nitrogens with zero attached hydrogens (tertiary/aromatic N) is 4. The minimum absolute atomic E-state index is 0.694. The maximum absolute atomic E-state index is 4.99. The number of methoxy groups -OCH3 is 1. The minimum atomic E-state index is 0.694. The predicted molar refractivity (Wildman–Crippen MR) is 77.7 cm³/mol. The zero-order valence-electron chi connectivity index (χ0n) is 11.1. The van der Waals surface area contributed by atoms with Gasteiger partial charge in [-0.2, -0.15) is 9.61 Å². The standard InChI is InChI=1S/C13H15N5OS/c1-19-8-7-14-9-11-17-18-12(15-16-13(18)20-11)10-5-3-2-4-6-10/h2-6,14H,7-9H2,1H3. The number of fused-ring (bicyclic) bond motifs is 1. The molecule has 7 heteroatoms. The van der Waals surface area contributed by atoms with E-state index in [1.165, 1.54) is 0 Å². The maximum Gasteiger partial charge on any atom is 0.235 e. The lowest BCUT2D eigenvalue weighted by Crippen LogP contribution is -2.18. The van der Waals surface area contributed by atoms with E-state index >= 15 is 0 Å². The molecule has 0 aliphatic carbocycles. The van der Waals surface area contributed by atoms with E-state index in [4.69, 9.17) is 4.74 Å². The molecule has 3 rings (SSSR count). The van der Waals surface area contributed by atoms with Crippen molar-refractivity contribution in [3.05, 3.63) is 35.3 Å². The molecule has 20 heavy (non-hydrogen) atoms. The van der Waals surface area contributed by atoms with Crippen molar-refractivity contribution in [2.45, 2.75) is 6.54 Å². The van der Waals surface area contributed by atoms with Crippen molar-refractivity contribution in [3.63, 3.8) is 0 Å². The molecule has 0 unspecified atom stereocenters. The van der Waals surface area contributed by atoms with Crippen LogP contribution in [-0.4, -0.2) is 40.1 Å². The summed E-state index contributed by atoms with van der Waals surface area (Å²) < 4.78 is 6.79. The Morgan fingerprint density at radius 1 is 1.25 bits per heavy atom. The highest BCUT2D eigenvalue weighted by atomic mass is 32.1. The highest BCUT2D eigenvalue weighted by Crippen LogP contribution is 2.21. The number of aromatic nitrogens is 4. The molecule has 0 saturated heterocycles. The van der Waals surface area contributed by atoms with Gasteiger partial charge in [-0.15, -0.1) is 10.2 Å². The molecular formula is C13H15N5OS. The van der Waals surface area contributed by atoms with Crippen molar-refractivity contribution in [2.24, 2.45) is 0 Å². The van der Waals surface area contributed by atoms with Gasteiger partial charge in [-0.1, -0.05) is 41.7 Å². The van der Waals surface area contributed by atoms with Gasteiger partial charge in [0.2, 0.25) is 4.96 Å². The fraction of sp³-hybridized carbons (Fsp3) is 0.308. The molecule has 0 bridgehead atoms. The van der Waals surface area contributed by atoms with E-state index < -0.39 is 0 Å². The third-order valence-electron chi connectivity index (χ3n) is 2.82. The molecule has 0 saturated carbocycles. The maximum atomic E-state index is 4.99. The summed E-state index contributed by atoms with van der Waals surface area (Å²) >= 11 is 1.55. The van der Waals surface area contributed by atoms with Gasteiger partial charge in [-0.05, 0) is 0 Å². The Kier molecular flexibility index (Phi) is 4.00. The molecule has 6 nitrogen and oxygen atoms in total. The molecule has 0 radical (unpaired) electrons. The number of nitrogens with one attached hydrogen (secondary N) is 1. The van der Waals surface area contributed by atoms with E-state index in [-0.39, 0.29) is 0 Å². The lowest BCUT2D eigenvalue weighted by molar-refractivity contribution is 0.199. The topological polar surface area (TPSA) is 64.3 Å². The van der Waals surface area contributed by atoms with Crippen LogP contribution in [0.25, 0.3) is 16.3 Å². The van der Waals surface area contributed by atoms with Crippen LogP contribution in [-0.2, 0) is 11.3 Å². The summed E-state index contributed by atoms with van der Waals surface area (Å²) in [6, 6.07) is 9.96. The Bertz CT molecular complexity index is 678. The van der Waals surface area contributed by atoms with Gasteiger partial charge >= 0.3 is 0 Å². The van der Waals surface area contributed by atoms with Crippen LogP contribution in [0.4, 0.5) is 0 Å². The van der Waals surface area contributed by atoms with Gasteiger partial charge < -0.3 is 10.1 Å². The van der Waals surface area contributed by atoms with Crippen LogP contribution in [0.3, 0.4) is 0 Å². The lowest BCUT2D eigenvalue weighted by Gasteiger charge is -1.99. The highest BCUT2D eigenvalue weighted by Gasteiger charge is 2.12. The van der Waals surface area contributed by atoms with Crippen LogP contribution in [0.5, 0.6) is 0 Å². The number of hydrogen-bond acceptors (Lipinski definition) is 6. The second-order valence-corrected chi connectivity index (χ2v) is 5.29. The smallest absolute Gasteiger partial charge is 0.235 e. The van der Waals surface area contributed by atoms with Crippen molar-refractivity contribution in [1.82, 2.24) is 25.1 Å². The zero-order valence-corrected chi connectivity index (χ0v) is 11.9. The first kappa shape index (κ1) is 13.2. The number of ether oxygens (including phenoxy) is 1. The quantitative estimate of drug-likeness (QED) is 0.698. The average molecular weight is 289 g/mol. The van der Waals surface area contributed by atoms with E-state index in [2.05, 4.69) is 20.6 Å². The van der Waals surface area contributed by atoms with E-state index in [1.54, 1.807) is 23.0 Å². The number of hydrogen-bond donors (Lipinski definition) is 1. The van der Waals surface area contributed by atoms with Crippen LogP contribution in [0.15, 0.2) is 30.3 Å². The van der Waals surface area contributed by atoms with Crippen molar-refractivity contribution in [1.29, 1.82) is 0 Å². The summed E-state index contributed by atoms with van der Waals surface area (Å²) in [4.78, 5) is 0.812. The molecule has 1 N–H and O–H groups in total. The summed E-state index contributed by atoms with van der Waals surface area (Å²) in [5, 5.41) is 17.2. The largest absolute Gasteiger partial charge is 0.383 e. The normalized spacial score (nSPS) is 11.2. The number of rotatable bonds is 6. The molecule has 3 aromatic rings. The Morgan fingerprint density at radius 3 is 2.90 bits per heavy atom. The summed E-state index contributed by atoms with van der Waals surface area (Å²) in [5.41, 5.74) is 1.02. The van der Waals surface area contributed by atoms with Crippen LogP contribution < -0.4 is 5.32 Å². The monoisotopic (exact) mass is 289 g/mol. The summed E-state index contributed by atoms with van der Waals surface area (Å²) in [6.45, 7) is 2.22. The molecule has 0 aliphatic rings. The first-order chi connectivity index (χ1) is 9.88. The lowest BCUT2D eigenvalue weighted by atomic mass is 10.2. The van der Waals surface area contributed by atoms with Gasteiger partial charge in [0.15, 0.2) is 5.82 Å². The molecule has 1 aromatic carbocycles. The van der Waals surface area contributed by atoms with Gasteiger partial charge in [0.05, 0.1) is 6.61 Å². The van der Waals surface area contributed by atoms with Crippen LogP contribution in [0.2, 0.25) is 0 Å². The molecule has 0 atom stereocenters. The fourth-order valence-electron chi connectivity index (χ4n) is 1.86. The molecule has 0 amide bonds. The number of benzene rings is 1. The van der Waals surface area contributed by atoms with Crippen molar-refractivity contribution in [3.8, 4) is 11.4 Å². The first-order valence-corrected chi connectivity index (χ1v) is 7.16. The first-order valence-electron chi connectivity index (χ1n) is 6.34. The second-order valence-electron chi connectivity index (χ2n) is 4.25. The van der Waals surface area contributed by atoms with Gasteiger partial charge in [-0.3, -0.25) is 0 Å². The van der Waals surface area contributed by atoms with Crippen molar-refractivity contribution < 1.29 is 4.74 Å². The van der Waals surface area contributed by atoms with E-state index in [1.807, 2.05) is 30.3 Å².